The molecule has 4 nitrogen and oxygen atoms in total. The molecule has 1 heterocycles. The molecule has 0 spiro atoms. The zero-order valence-corrected chi connectivity index (χ0v) is 13.0. The number of hydrogen-bond acceptors (Lipinski definition) is 3. The summed E-state index contributed by atoms with van der Waals surface area (Å²) in [7, 11) is 1.78. The molecule has 0 aliphatic carbocycles. The van der Waals surface area contributed by atoms with E-state index in [1.807, 2.05) is 12.1 Å². The Balaban J connectivity index is 2.16. The molecule has 1 unspecified atom stereocenters. The number of benzene rings is 1. The summed E-state index contributed by atoms with van der Waals surface area (Å²) in [5, 5.41) is 5.86. The number of hydrogen-bond donors (Lipinski definition) is 2. The summed E-state index contributed by atoms with van der Waals surface area (Å²) >= 11 is 3.50. The number of nitrogens with one attached hydrogen (secondary N) is 2. The van der Waals surface area contributed by atoms with Gasteiger partial charge in [0.1, 0.15) is 11.8 Å². The first-order chi connectivity index (χ1) is 9.02. The fourth-order valence-corrected chi connectivity index (χ4v) is 2.54. The van der Waals surface area contributed by atoms with Gasteiger partial charge in [0, 0.05) is 17.3 Å². The number of ether oxygens (including phenoxy) is 1. The molecule has 1 aromatic rings. The van der Waals surface area contributed by atoms with Crippen molar-refractivity contribution in [2.75, 3.05) is 19.0 Å². The lowest BCUT2D eigenvalue weighted by Gasteiger charge is -2.12. The number of carbonyl (C=O) groups is 1. The Bertz CT molecular complexity index is 489. The molecule has 0 saturated carbocycles. The van der Waals surface area contributed by atoms with E-state index < -0.39 is 0 Å². The SMILES string of the molecule is CNC1C(=O)Nc2cc(OCCC(C)C)c(Br)cc21. The quantitative estimate of drug-likeness (QED) is 0.874. The second-order valence-corrected chi connectivity index (χ2v) is 5.97. The van der Waals surface area contributed by atoms with Gasteiger partial charge in [0.25, 0.3) is 0 Å². The van der Waals surface area contributed by atoms with Crippen LogP contribution in [0.15, 0.2) is 16.6 Å². The first-order valence-electron chi connectivity index (χ1n) is 6.47. The number of halogens is 1. The maximum atomic E-state index is 11.8. The minimum atomic E-state index is -0.281. The standard InChI is InChI=1S/C14H19BrN2O2/c1-8(2)4-5-19-12-7-11-9(6-10(12)15)13(16-3)14(18)17-11/h6-8,13,16H,4-5H2,1-3H3,(H,17,18). The second kappa shape index (κ2) is 5.92. The van der Waals surface area contributed by atoms with Gasteiger partial charge >= 0.3 is 0 Å². The highest BCUT2D eigenvalue weighted by molar-refractivity contribution is 9.10. The summed E-state index contributed by atoms with van der Waals surface area (Å²) in [6.45, 7) is 5.01. The maximum Gasteiger partial charge on any atom is 0.246 e. The van der Waals surface area contributed by atoms with Crippen LogP contribution in [0.3, 0.4) is 0 Å². The van der Waals surface area contributed by atoms with Gasteiger partial charge in [0.15, 0.2) is 0 Å². The predicted molar refractivity (Wildman–Crippen MR) is 79.5 cm³/mol. The molecule has 1 aromatic carbocycles. The molecule has 5 heteroatoms. The number of likely N-dealkylation sites (N-methyl/N-ethyl adjacent to an activating group) is 1. The molecule has 0 bridgehead atoms. The third-order valence-corrected chi connectivity index (χ3v) is 3.80. The van der Waals surface area contributed by atoms with Crippen molar-refractivity contribution in [3.8, 4) is 5.75 Å². The summed E-state index contributed by atoms with van der Waals surface area (Å²) in [6.07, 6.45) is 1.01. The van der Waals surface area contributed by atoms with E-state index in [2.05, 4.69) is 40.4 Å². The minimum Gasteiger partial charge on any atom is -0.492 e. The monoisotopic (exact) mass is 326 g/mol. The molecular weight excluding hydrogens is 308 g/mol. The lowest BCUT2D eigenvalue weighted by molar-refractivity contribution is -0.117. The van der Waals surface area contributed by atoms with E-state index in [-0.39, 0.29) is 11.9 Å². The lowest BCUT2D eigenvalue weighted by Crippen LogP contribution is -2.23. The van der Waals surface area contributed by atoms with E-state index in [4.69, 9.17) is 4.74 Å². The van der Waals surface area contributed by atoms with Gasteiger partial charge in [-0.15, -0.1) is 0 Å². The van der Waals surface area contributed by atoms with Gasteiger partial charge in [-0.2, -0.15) is 0 Å². The van der Waals surface area contributed by atoms with Gasteiger partial charge < -0.3 is 15.4 Å². The van der Waals surface area contributed by atoms with Crippen LogP contribution in [0.5, 0.6) is 5.75 Å². The lowest BCUT2D eigenvalue weighted by atomic mass is 10.1. The van der Waals surface area contributed by atoms with Crippen LogP contribution in [0.1, 0.15) is 31.9 Å². The molecule has 104 valence electrons. The molecule has 0 saturated heterocycles. The van der Waals surface area contributed by atoms with Crippen LogP contribution in [-0.2, 0) is 4.79 Å². The Labute approximate surface area is 122 Å². The topological polar surface area (TPSA) is 50.4 Å². The number of fused-ring (bicyclic) bond motifs is 1. The van der Waals surface area contributed by atoms with E-state index in [0.717, 1.165) is 27.9 Å². The van der Waals surface area contributed by atoms with Crippen molar-refractivity contribution < 1.29 is 9.53 Å². The highest BCUT2D eigenvalue weighted by Gasteiger charge is 2.30. The molecule has 19 heavy (non-hydrogen) atoms. The fourth-order valence-electron chi connectivity index (χ4n) is 2.06. The molecule has 2 N–H and O–H groups in total. The van der Waals surface area contributed by atoms with E-state index >= 15 is 0 Å². The average molecular weight is 327 g/mol. The third-order valence-electron chi connectivity index (χ3n) is 3.18. The molecular formula is C14H19BrN2O2. The normalized spacial score (nSPS) is 17.5. The fraction of sp³-hybridized carbons (Fsp3) is 0.500. The Hall–Kier alpha value is -1.07. The van der Waals surface area contributed by atoms with Gasteiger partial charge in [-0.25, -0.2) is 0 Å². The first kappa shape index (κ1) is 14.3. The van der Waals surface area contributed by atoms with Crippen molar-refractivity contribution in [1.29, 1.82) is 0 Å². The van der Waals surface area contributed by atoms with Crippen molar-refractivity contribution >= 4 is 27.5 Å². The largest absolute Gasteiger partial charge is 0.492 e. The predicted octanol–water partition coefficient (Wildman–Crippen LogP) is 3.09. The van der Waals surface area contributed by atoms with Gasteiger partial charge in [0.05, 0.1) is 11.1 Å². The van der Waals surface area contributed by atoms with Gasteiger partial charge in [-0.1, -0.05) is 13.8 Å². The first-order valence-corrected chi connectivity index (χ1v) is 7.26. The van der Waals surface area contributed by atoms with Crippen LogP contribution in [-0.4, -0.2) is 19.6 Å². The van der Waals surface area contributed by atoms with Gasteiger partial charge in [-0.3, -0.25) is 4.79 Å². The average Bonchev–Trinajstić information content (AvgIpc) is 2.63. The van der Waals surface area contributed by atoms with Crippen molar-refractivity contribution in [2.45, 2.75) is 26.3 Å². The Morgan fingerprint density at radius 3 is 2.84 bits per heavy atom. The minimum absolute atomic E-state index is 0.0243. The van der Waals surface area contributed by atoms with Crippen molar-refractivity contribution in [3.05, 3.63) is 22.2 Å². The number of carbonyl (C=O) groups excluding carboxylic acids is 1. The third kappa shape index (κ3) is 3.09. The van der Waals surface area contributed by atoms with Crippen LogP contribution >= 0.6 is 15.9 Å². The zero-order valence-electron chi connectivity index (χ0n) is 11.4. The van der Waals surface area contributed by atoms with Crippen LogP contribution in [0.4, 0.5) is 5.69 Å². The zero-order chi connectivity index (χ0) is 14.0. The summed E-state index contributed by atoms with van der Waals surface area (Å²) in [5.74, 6) is 1.36. The van der Waals surface area contributed by atoms with Crippen molar-refractivity contribution in [2.24, 2.45) is 5.92 Å². The van der Waals surface area contributed by atoms with Crippen LogP contribution in [0, 0.1) is 5.92 Å². The molecule has 1 amide bonds. The Morgan fingerprint density at radius 2 is 2.21 bits per heavy atom. The number of rotatable bonds is 5. The highest BCUT2D eigenvalue weighted by atomic mass is 79.9. The van der Waals surface area contributed by atoms with E-state index in [9.17, 15) is 4.79 Å². The molecule has 0 fully saturated rings. The summed E-state index contributed by atoms with van der Waals surface area (Å²) in [5.41, 5.74) is 1.78. The second-order valence-electron chi connectivity index (χ2n) is 5.11. The Kier molecular flexibility index (Phi) is 4.47. The van der Waals surface area contributed by atoms with Crippen LogP contribution in [0.25, 0.3) is 0 Å². The van der Waals surface area contributed by atoms with Gasteiger partial charge in [-0.05, 0) is 41.4 Å². The van der Waals surface area contributed by atoms with E-state index in [1.165, 1.54) is 0 Å². The summed E-state index contributed by atoms with van der Waals surface area (Å²) in [4.78, 5) is 11.8. The van der Waals surface area contributed by atoms with E-state index in [0.29, 0.717) is 12.5 Å². The molecule has 1 aliphatic heterocycles. The maximum absolute atomic E-state index is 11.8. The molecule has 2 rings (SSSR count). The summed E-state index contributed by atoms with van der Waals surface area (Å²) in [6, 6.07) is 3.55. The van der Waals surface area contributed by atoms with Crippen LogP contribution < -0.4 is 15.4 Å². The highest BCUT2D eigenvalue weighted by Crippen LogP contribution is 2.38. The van der Waals surface area contributed by atoms with E-state index in [1.54, 1.807) is 7.05 Å². The van der Waals surface area contributed by atoms with Crippen molar-refractivity contribution in [3.63, 3.8) is 0 Å². The number of anilines is 1. The molecule has 1 atom stereocenters. The van der Waals surface area contributed by atoms with Gasteiger partial charge in [0.2, 0.25) is 5.91 Å². The van der Waals surface area contributed by atoms with Crippen LogP contribution in [0.2, 0.25) is 0 Å². The Morgan fingerprint density at radius 1 is 1.47 bits per heavy atom. The molecule has 0 radical (unpaired) electrons. The smallest absolute Gasteiger partial charge is 0.246 e. The molecule has 1 aliphatic rings. The number of amides is 1. The summed E-state index contributed by atoms with van der Waals surface area (Å²) < 4.78 is 6.64. The molecule has 0 aromatic heterocycles. The van der Waals surface area contributed by atoms with Crippen molar-refractivity contribution in [1.82, 2.24) is 5.32 Å².